The van der Waals surface area contributed by atoms with Crippen LogP contribution in [-0.4, -0.2) is 9.97 Å². The van der Waals surface area contributed by atoms with Gasteiger partial charge in [-0.05, 0) is 24.5 Å². The van der Waals surface area contributed by atoms with E-state index in [1.807, 2.05) is 0 Å². The maximum Gasteiger partial charge on any atom is 0.416 e. The topological polar surface area (TPSA) is 38.9 Å². The number of aromatic nitrogens is 1. The Hall–Kier alpha value is -1.17. The van der Waals surface area contributed by atoms with E-state index in [1.54, 1.807) is 0 Å². The Kier molecular flexibility index (Phi) is 2.41. The zero-order chi connectivity index (χ0) is 12.0. The minimum atomic E-state index is -4.39. The predicted molar refractivity (Wildman–Crippen MR) is 56.9 cm³/mol. The van der Waals surface area contributed by atoms with Crippen molar-refractivity contribution in [1.29, 1.82) is 0 Å². The van der Waals surface area contributed by atoms with Gasteiger partial charge in [-0.1, -0.05) is 12.2 Å². The minimum Gasteiger partial charge on any atom is -0.393 e. The molecule has 86 valence electrons. The van der Waals surface area contributed by atoms with Crippen LogP contribution >= 0.6 is 12.2 Å². The Morgan fingerprint density at radius 3 is 2.50 bits per heavy atom. The molecule has 1 aliphatic carbocycles. The molecular formula is C10H9F3N2S. The summed E-state index contributed by atoms with van der Waals surface area (Å²) >= 11 is 4.84. The number of halogens is 3. The first-order valence-electron chi connectivity index (χ1n) is 4.69. The molecule has 1 aliphatic rings. The third kappa shape index (κ3) is 1.67. The molecule has 2 nitrogen and oxygen atoms in total. The van der Waals surface area contributed by atoms with E-state index in [2.05, 4.69) is 4.98 Å². The van der Waals surface area contributed by atoms with Crippen LogP contribution in [0.3, 0.4) is 0 Å². The van der Waals surface area contributed by atoms with Crippen molar-refractivity contribution in [2.24, 2.45) is 5.73 Å². The lowest BCUT2D eigenvalue weighted by Gasteiger charge is -2.19. The number of nitrogens with two attached hydrogens (primary N) is 1. The second-order valence-corrected chi connectivity index (χ2v) is 4.31. The first-order chi connectivity index (χ1) is 7.38. The number of alkyl halides is 3. The van der Waals surface area contributed by atoms with Gasteiger partial charge in [-0.25, -0.2) is 0 Å². The van der Waals surface area contributed by atoms with E-state index >= 15 is 0 Å². The molecule has 0 atom stereocenters. The Morgan fingerprint density at radius 1 is 1.44 bits per heavy atom. The fraction of sp³-hybridized carbons (Fsp3) is 0.400. The zero-order valence-electron chi connectivity index (χ0n) is 8.21. The molecule has 1 aromatic heterocycles. The molecule has 2 rings (SSSR count). The second-order valence-electron chi connectivity index (χ2n) is 3.87. The molecule has 1 fully saturated rings. The van der Waals surface area contributed by atoms with Crippen molar-refractivity contribution >= 4 is 17.2 Å². The summed E-state index contributed by atoms with van der Waals surface area (Å²) in [7, 11) is 0. The SMILES string of the molecule is NC(=S)C1(c2cnccc2C(F)(F)F)CC1. The van der Waals surface area contributed by atoms with Gasteiger partial charge in [-0.3, -0.25) is 4.98 Å². The monoisotopic (exact) mass is 246 g/mol. The molecule has 0 aliphatic heterocycles. The summed E-state index contributed by atoms with van der Waals surface area (Å²) in [5, 5.41) is 0. The molecule has 0 bridgehead atoms. The predicted octanol–water partition coefficient (Wildman–Crippen LogP) is 2.42. The minimum absolute atomic E-state index is 0.106. The first kappa shape index (κ1) is 11.3. The fourth-order valence-electron chi connectivity index (χ4n) is 1.80. The molecule has 0 amide bonds. The molecule has 0 radical (unpaired) electrons. The average Bonchev–Trinajstić information content (AvgIpc) is 2.97. The quantitative estimate of drug-likeness (QED) is 0.814. The van der Waals surface area contributed by atoms with E-state index in [1.165, 1.54) is 6.20 Å². The lowest BCUT2D eigenvalue weighted by molar-refractivity contribution is -0.138. The lowest BCUT2D eigenvalue weighted by Crippen LogP contribution is -2.29. The van der Waals surface area contributed by atoms with Crippen molar-refractivity contribution in [3.05, 3.63) is 29.6 Å². The summed E-state index contributed by atoms with van der Waals surface area (Å²) in [6.07, 6.45) is -0.913. The van der Waals surface area contributed by atoms with Crippen molar-refractivity contribution in [2.75, 3.05) is 0 Å². The van der Waals surface area contributed by atoms with Crippen LogP contribution in [0.5, 0.6) is 0 Å². The third-order valence-electron chi connectivity index (χ3n) is 2.86. The molecule has 1 saturated carbocycles. The van der Waals surface area contributed by atoms with Gasteiger partial charge in [-0.15, -0.1) is 0 Å². The molecule has 1 heterocycles. The highest BCUT2D eigenvalue weighted by atomic mass is 32.1. The molecule has 1 aromatic rings. The standard InChI is InChI=1S/C10H9F3N2S/c11-10(12,13)6-1-4-15-5-7(6)9(2-3-9)8(14)16/h1,4-5H,2-3H2,(H2,14,16). The van der Waals surface area contributed by atoms with E-state index in [9.17, 15) is 13.2 Å². The molecule has 16 heavy (non-hydrogen) atoms. The van der Waals surface area contributed by atoms with Gasteiger partial charge in [0.05, 0.1) is 10.6 Å². The molecule has 0 aromatic carbocycles. The molecule has 0 unspecified atom stereocenters. The largest absolute Gasteiger partial charge is 0.416 e. The Morgan fingerprint density at radius 2 is 2.06 bits per heavy atom. The number of nitrogens with zero attached hydrogens (tertiary/aromatic N) is 1. The maximum atomic E-state index is 12.8. The van der Waals surface area contributed by atoms with Gasteiger partial charge in [0.2, 0.25) is 0 Å². The average molecular weight is 246 g/mol. The molecule has 2 N–H and O–H groups in total. The van der Waals surface area contributed by atoms with Crippen LogP contribution in [0.4, 0.5) is 13.2 Å². The van der Waals surface area contributed by atoms with Crippen LogP contribution in [0.2, 0.25) is 0 Å². The summed E-state index contributed by atoms with van der Waals surface area (Å²) in [5.41, 5.74) is 4.15. The number of hydrogen-bond donors (Lipinski definition) is 1. The van der Waals surface area contributed by atoms with E-state index in [4.69, 9.17) is 18.0 Å². The van der Waals surface area contributed by atoms with E-state index in [0.29, 0.717) is 12.8 Å². The van der Waals surface area contributed by atoms with Crippen LogP contribution in [0, 0.1) is 0 Å². The number of rotatable bonds is 2. The Labute approximate surface area is 95.7 Å². The number of pyridine rings is 1. The summed E-state index contributed by atoms with van der Waals surface area (Å²) in [6.45, 7) is 0. The highest BCUT2D eigenvalue weighted by Gasteiger charge is 2.51. The fourth-order valence-corrected chi connectivity index (χ4v) is 2.11. The van der Waals surface area contributed by atoms with Gasteiger partial charge in [0.1, 0.15) is 0 Å². The van der Waals surface area contributed by atoms with E-state index in [-0.39, 0.29) is 10.6 Å². The van der Waals surface area contributed by atoms with Crippen LogP contribution in [0.15, 0.2) is 18.5 Å². The van der Waals surface area contributed by atoms with Gasteiger partial charge >= 0.3 is 6.18 Å². The van der Waals surface area contributed by atoms with Crippen molar-refractivity contribution in [2.45, 2.75) is 24.4 Å². The molecule has 6 heteroatoms. The van der Waals surface area contributed by atoms with Gasteiger partial charge in [0.15, 0.2) is 0 Å². The highest BCUT2D eigenvalue weighted by Crippen LogP contribution is 2.51. The van der Waals surface area contributed by atoms with Gasteiger partial charge < -0.3 is 5.73 Å². The Balaban J connectivity index is 2.54. The summed E-state index contributed by atoms with van der Waals surface area (Å²) in [6, 6.07) is 0.966. The van der Waals surface area contributed by atoms with Gasteiger partial charge in [0.25, 0.3) is 0 Å². The summed E-state index contributed by atoms with van der Waals surface area (Å²) in [5.74, 6) is 0. The van der Waals surface area contributed by atoms with E-state index in [0.717, 1.165) is 12.3 Å². The van der Waals surface area contributed by atoms with Crippen LogP contribution < -0.4 is 5.73 Å². The first-order valence-corrected chi connectivity index (χ1v) is 5.10. The van der Waals surface area contributed by atoms with Crippen LogP contribution in [-0.2, 0) is 11.6 Å². The van der Waals surface area contributed by atoms with Crippen molar-refractivity contribution in [3.8, 4) is 0 Å². The van der Waals surface area contributed by atoms with Crippen molar-refractivity contribution in [3.63, 3.8) is 0 Å². The van der Waals surface area contributed by atoms with Crippen LogP contribution in [0.25, 0.3) is 0 Å². The summed E-state index contributed by atoms with van der Waals surface area (Å²) in [4.78, 5) is 3.85. The van der Waals surface area contributed by atoms with E-state index < -0.39 is 17.2 Å². The van der Waals surface area contributed by atoms with Crippen molar-refractivity contribution < 1.29 is 13.2 Å². The molecule has 0 saturated heterocycles. The molecule has 0 spiro atoms. The van der Waals surface area contributed by atoms with Crippen molar-refractivity contribution in [1.82, 2.24) is 4.98 Å². The lowest BCUT2D eigenvalue weighted by atomic mass is 9.93. The number of hydrogen-bond acceptors (Lipinski definition) is 2. The Bertz CT molecular complexity index is 438. The zero-order valence-corrected chi connectivity index (χ0v) is 9.03. The normalized spacial score (nSPS) is 18.2. The van der Waals surface area contributed by atoms with Crippen LogP contribution in [0.1, 0.15) is 24.0 Å². The van der Waals surface area contributed by atoms with Gasteiger partial charge in [0, 0.05) is 17.8 Å². The highest BCUT2D eigenvalue weighted by molar-refractivity contribution is 7.80. The smallest absolute Gasteiger partial charge is 0.393 e. The second kappa shape index (κ2) is 3.41. The van der Waals surface area contributed by atoms with Gasteiger partial charge in [-0.2, -0.15) is 13.2 Å². The molecular weight excluding hydrogens is 237 g/mol. The third-order valence-corrected chi connectivity index (χ3v) is 3.25. The number of thiocarbonyl (C=S) groups is 1. The maximum absolute atomic E-state index is 12.8. The summed E-state index contributed by atoms with van der Waals surface area (Å²) < 4.78 is 38.3.